The monoisotopic (exact) mass is 258 g/mol. The largest absolute Gasteiger partial charge is 0.347 e. The number of hydrogen-bond donors (Lipinski definition) is 1. The lowest BCUT2D eigenvalue weighted by Crippen LogP contribution is -2.21. The Morgan fingerprint density at radius 2 is 2.00 bits per heavy atom. The molecule has 0 amide bonds. The molecule has 0 aliphatic carbocycles. The van der Waals surface area contributed by atoms with E-state index in [9.17, 15) is 0 Å². The van der Waals surface area contributed by atoms with Crippen LogP contribution in [0.3, 0.4) is 0 Å². The van der Waals surface area contributed by atoms with Gasteiger partial charge in [0.05, 0.1) is 0 Å². The third-order valence-corrected chi connectivity index (χ3v) is 3.81. The van der Waals surface area contributed by atoms with Crippen molar-refractivity contribution in [3.05, 3.63) is 36.0 Å². The Hall–Kier alpha value is -1.28. The number of hydrogen-bond acceptors (Lipinski definition) is 1. The Bertz CT molecular complexity index is 525. The fourth-order valence-corrected chi connectivity index (χ4v) is 2.42. The van der Waals surface area contributed by atoms with Crippen LogP contribution in [0.1, 0.15) is 39.2 Å². The Morgan fingerprint density at radius 3 is 2.68 bits per heavy atom. The smallest absolute Gasteiger partial charge is 0.0480 e. The van der Waals surface area contributed by atoms with Gasteiger partial charge < -0.3 is 10.3 Å². The molecule has 1 aromatic heterocycles. The van der Waals surface area contributed by atoms with E-state index in [0.29, 0.717) is 0 Å². The quantitative estimate of drug-likeness (QED) is 0.835. The summed E-state index contributed by atoms with van der Waals surface area (Å²) in [6.45, 7) is 7.80. The van der Waals surface area contributed by atoms with E-state index < -0.39 is 0 Å². The standard InChI is InChI=1S/C17H26N2/c1-4-16(18)12-14-5-6-17-15(11-14)8-10-19(17)9-7-13(2)3/h5-6,8,10-11,13,16H,4,7,9,12,18H2,1-3H3. The third-order valence-electron chi connectivity index (χ3n) is 3.81. The maximum absolute atomic E-state index is 6.03. The molecular formula is C17H26N2. The number of nitrogens with zero attached hydrogens (tertiary/aromatic N) is 1. The number of aromatic nitrogens is 1. The minimum absolute atomic E-state index is 0.278. The fourth-order valence-electron chi connectivity index (χ4n) is 2.42. The van der Waals surface area contributed by atoms with Crippen LogP contribution in [0.4, 0.5) is 0 Å². The van der Waals surface area contributed by atoms with Gasteiger partial charge in [-0.1, -0.05) is 26.8 Å². The molecule has 1 unspecified atom stereocenters. The van der Waals surface area contributed by atoms with Gasteiger partial charge in [-0.25, -0.2) is 0 Å². The minimum atomic E-state index is 0.278. The van der Waals surface area contributed by atoms with Crippen LogP contribution in [0, 0.1) is 5.92 Å². The molecule has 0 aliphatic rings. The summed E-state index contributed by atoms with van der Waals surface area (Å²) in [5, 5.41) is 1.34. The first kappa shape index (κ1) is 14.1. The van der Waals surface area contributed by atoms with Crippen molar-refractivity contribution < 1.29 is 0 Å². The average molecular weight is 258 g/mol. The van der Waals surface area contributed by atoms with E-state index in [2.05, 4.69) is 55.8 Å². The van der Waals surface area contributed by atoms with Crippen molar-refractivity contribution in [2.45, 2.75) is 52.6 Å². The number of benzene rings is 1. The van der Waals surface area contributed by atoms with Gasteiger partial charge in [-0.2, -0.15) is 0 Å². The van der Waals surface area contributed by atoms with Crippen LogP contribution in [-0.4, -0.2) is 10.6 Å². The highest BCUT2D eigenvalue weighted by Crippen LogP contribution is 2.20. The second kappa shape index (κ2) is 6.25. The SMILES string of the molecule is CCC(N)Cc1ccc2c(ccn2CCC(C)C)c1. The van der Waals surface area contributed by atoms with Gasteiger partial charge >= 0.3 is 0 Å². The lowest BCUT2D eigenvalue weighted by atomic mass is 10.0. The molecule has 0 spiro atoms. The van der Waals surface area contributed by atoms with Gasteiger partial charge in [0.1, 0.15) is 0 Å². The number of fused-ring (bicyclic) bond motifs is 1. The lowest BCUT2D eigenvalue weighted by molar-refractivity contribution is 0.524. The van der Waals surface area contributed by atoms with Gasteiger partial charge in [-0.05, 0) is 54.3 Å². The van der Waals surface area contributed by atoms with E-state index in [1.807, 2.05) is 0 Å². The molecule has 2 aromatic rings. The van der Waals surface area contributed by atoms with Crippen LogP contribution < -0.4 is 5.73 Å². The number of nitrogens with two attached hydrogens (primary N) is 1. The molecule has 2 rings (SSSR count). The van der Waals surface area contributed by atoms with E-state index in [4.69, 9.17) is 5.73 Å². The van der Waals surface area contributed by atoms with Crippen molar-refractivity contribution in [3.8, 4) is 0 Å². The zero-order chi connectivity index (χ0) is 13.8. The van der Waals surface area contributed by atoms with Crippen LogP contribution in [0.25, 0.3) is 10.9 Å². The molecule has 0 aliphatic heterocycles. The third kappa shape index (κ3) is 3.60. The molecule has 0 radical (unpaired) electrons. The Kier molecular flexibility index (Phi) is 4.65. The summed E-state index contributed by atoms with van der Waals surface area (Å²) in [6.07, 6.45) is 5.44. The highest BCUT2D eigenvalue weighted by molar-refractivity contribution is 5.80. The maximum Gasteiger partial charge on any atom is 0.0480 e. The van der Waals surface area contributed by atoms with Gasteiger partial charge in [0.2, 0.25) is 0 Å². The van der Waals surface area contributed by atoms with E-state index in [1.54, 1.807) is 0 Å². The topological polar surface area (TPSA) is 30.9 Å². The first-order valence-electron chi connectivity index (χ1n) is 7.43. The Balaban J connectivity index is 2.16. The summed E-state index contributed by atoms with van der Waals surface area (Å²) in [5.74, 6) is 0.749. The molecule has 1 atom stereocenters. The first-order chi connectivity index (χ1) is 9.10. The first-order valence-corrected chi connectivity index (χ1v) is 7.43. The van der Waals surface area contributed by atoms with Crippen LogP contribution in [-0.2, 0) is 13.0 Å². The number of aryl methyl sites for hydroxylation is 1. The summed E-state index contributed by atoms with van der Waals surface area (Å²) >= 11 is 0. The molecule has 104 valence electrons. The van der Waals surface area contributed by atoms with Crippen molar-refractivity contribution in [1.29, 1.82) is 0 Å². The van der Waals surface area contributed by atoms with Gasteiger partial charge in [0, 0.05) is 24.3 Å². The van der Waals surface area contributed by atoms with Crippen molar-refractivity contribution in [2.24, 2.45) is 11.7 Å². The molecular weight excluding hydrogens is 232 g/mol. The lowest BCUT2D eigenvalue weighted by Gasteiger charge is -2.10. The zero-order valence-electron chi connectivity index (χ0n) is 12.4. The average Bonchev–Trinajstić information content (AvgIpc) is 2.78. The molecule has 19 heavy (non-hydrogen) atoms. The Labute approximate surface area is 116 Å². The summed E-state index contributed by atoms with van der Waals surface area (Å²) in [7, 11) is 0. The van der Waals surface area contributed by atoms with E-state index >= 15 is 0 Å². The van der Waals surface area contributed by atoms with Gasteiger partial charge in [-0.15, -0.1) is 0 Å². The van der Waals surface area contributed by atoms with Crippen molar-refractivity contribution >= 4 is 10.9 Å². The minimum Gasteiger partial charge on any atom is -0.347 e. The van der Waals surface area contributed by atoms with E-state index in [0.717, 1.165) is 25.3 Å². The summed E-state index contributed by atoms with van der Waals surface area (Å²) in [6, 6.07) is 9.25. The van der Waals surface area contributed by atoms with Crippen LogP contribution in [0.2, 0.25) is 0 Å². The molecule has 0 saturated carbocycles. The predicted octanol–water partition coefficient (Wildman–Crippen LogP) is 3.97. The molecule has 1 heterocycles. The van der Waals surface area contributed by atoms with Crippen molar-refractivity contribution in [2.75, 3.05) is 0 Å². The van der Waals surface area contributed by atoms with Crippen LogP contribution in [0.15, 0.2) is 30.5 Å². The normalized spacial score (nSPS) is 13.3. The zero-order valence-corrected chi connectivity index (χ0v) is 12.4. The molecule has 1 aromatic carbocycles. The summed E-state index contributed by atoms with van der Waals surface area (Å²) in [4.78, 5) is 0. The van der Waals surface area contributed by atoms with Crippen molar-refractivity contribution in [1.82, 2.24) is 4.57 Å². The van der Waals surface area contributed by atoms with Gasteiger partial charge in [0.15, 0.2) is 0 Å². The van der Waals surface area contributed by atoms with E-state index in [-0.39, 0.29) is 6.04 Å². The molecule has 0 saturated heterocycles. The fraction of sp³-hybridized carbons (Fsp3) is 0.529. The summed E-state index contributed by atoms with van der Waals surface area (Å²) < 4.78 is 2.36. The molecule has 0 fully saturated rings. The van der Waals surface area contributed by atoms with Gasteiger partial charge in [-0.3, -0.25) is 0 Å². The predicted molar refractivity (Wildman–Crippen MR) is 83.4 cm³/mol. The second-order valence-electron chi connectivity index (χ2n) is 5.96. The highest BCUT2D eigenvalue weighted by Gasteiger charge is 2.05. The van der Waals surface area contributed by atoms with Gasteiger partial charge in [0.25, 0.3) is 0 Å². The molecule has 0 bridgehead atoms. The Morgan fingerprint density at radius 1 is 1.21 bits per heavy atom. The molecule has 2 nitrogen and oxygen atoms in total. The molecule has 2 heteroatoms. The van der Waals surface area contributed by atoms with Crippen LogP contribution in [0.5, 0.6) is 0 Å². The second-order valence-corrected chi connectivity index (χ2v) is 5.96. The number of rotatable bonds is 6. The molecule has 2 N–H and O–H groups in total. The van der Waals surface area contributed by atoms with E-state index in [1.165, 1.54) is 22.9 Å². The maximum atomic E-state index is 6.03. The van der Waals surface area contributed by atoms with Crippen molar-refractivity contribution in [3.63, 3.8) is 0 Å². The highest BCUT2D eigenvalue weighted by atomic mass is 14.9. The van der Waals surface area contributed by atoms with Crippen LogP contribution >= 0.6 is 0 Å². The summed E-state index contributed by atoms with van der Waals surface area (Å²) in [5.41, 5.74) is 8.72.